The lowest BCUT2D eigenvalue weighted by atomic mass is 10.0. The van der Waals surface area contributed by atoms with Gasteiger partial charge in [-0.15, -0.1) is 0 Å². The summed E-state index contributed by atoms with van der Waals surface area (Å²) in [6, 6.07) is 0. The molecule has 0 heterocycles. The lowest BCUT2D eigenvalue weighted by Crippen LogP contribution is -2.30. The Hall–Kier alpha value is -1.85. The van der Waals surface area contributed by atoms with Crippen molar-refractivity contribution >= 4 is 17.9 Å². The maximum absolute atomic E-state index is 12.9. The SMILES string of the molecule is CCCCCCCCCC/C=C\CCCCCCCCCCCCCCCCCCCCCCCCCC(=O)OCC(COC(=O)CCCCCCCCCCCCC)OC(=O)CCCCCCCCCCCCCCCCCCC. The van der Waals surface area contributed by atoms with Gasteiger partial charge in [0, 0.05) is 19.3 Å². The van der Waals surface area contributed by atoms with E-state index in [0.29, 0.717) is 19.3 Å². The minimum absolute atomic E-state index is 0.0616. The molecule has 0 bridgehead atoms. The predicted octanol–water partition coefficient (Wildman–Crippen LogP) is 25.6. The lowest BCUT2D eigenvalue weighted by Gasteiger charge is -2.18. The zero-order chi connectivity index (χ0) is 58.5. The minimum Gasteiger partial charge on any atom is -0.462 e. The summed E-state index contributed by atoms with van der Waals surface area (Å²) in [7, 11) is 0. The number of carbonyl (C=O) groups is 3. The lowest BCUT2D eigenvalue weighted by molar-refractivity contribution is -0.167. The Bertz CT molecular complexity index is 1260. The van der Waals surface area contributed by atoms with E-state index in [2.05, 4.69) is 32.9 Å². The van der Waals surface area contributed by atoms with E-state index in [9.17, 15) is 14.4 Å². The van der Waals surface area contributed by atoms with E-state index in [0.717, 1.165) is 57.8 Å². The zero-order valence-corrected chi connectivity index (χ0v) is 55.4. The Balaban J connectivity index is 4.00. The molecule has 0 rings (SSSR count). The Kier molecular flexibility index (Phi) is 69.0. The molecule has 1 atom stereocenters. The third kappa shape index (κ3) is 68.8. The third-order valence-electron chi connectivity index (χ3n) is 17.3. The Morgan fingerprint density at radius 1 is 0.235 bits per heavy atom. The summed E-state index contributed by atoms with van der Waals surface area (Å²) in [5, 5.41) is 0. The number of ether oxygens (including phenoxy) is 3. The third-order valence-corrected chi connectivity index (χ3v) is 17.3. The molecule has 6 heteroatoms. The molecule has 0 saturated carbocycles. The first kappa shape index (κ1) is 79.2. The first-order valence-electron chi connectivity index (χ1n) is 37.2. The molecular formula is C75H144O6. The van der Waals surface area contributed by atoms with Gasteiger partial charge in [-0.25, -0.2) is 0 Å². The molecule has 0 fully saturated rings. The summed E-state index contributed by atoms with van der Waals surface area (Å²) in [5.41, 5.74) is 0. The number of allylic oxidation sites excluding steroid dienone is 2. The molecule has 0 aliphatic rings. The second-order valence-corrected chi connectivity index (χ2v) is 25.6. The van der Waals surface area contributed by atoms with E-state index >= 15 is 0 Å². The molecule has 480 valence electrons. The number of hydrogen-bond acceptors (Lipinski definition) is 6. The molecule has 0 aromatic rings. The zero-order valence-electron chi connectivity index (χ0n) is 55.4. The van der Waals surface area contributed by atoms with Crippen molar-refractivity contribution < 1.29 is 28.6 Å². The van der Waals surface area contributed by atoms with Crippen molar-refractivity contribution in [2.75, 3.05) is 13.2 Å². The van der Waals surface area contributed by atoms with Crippen LogP contribution in [0.25, 0.3) is 0 Å². The number of esters is 3. The fourth-order valence-electron chi connectivity index (χ4n) is 11.7. The highest BCUT2D eigenvalue weighted by Gasteiger charge is 2.20. The van der Waals surface area contributed by atoms with Gasteiger partial charge in [-0.05, 0) is 44.9 Å². The van der Waals surface area contributed by atoms with E-state index in [1.165, 1.54) is 334 Å². The van der Waals surface area contributed by atoms with Crippen LogP contribution in [-0.2, 0) is 28.6 Å². The van der Waals surface area contributed by atoms with Gasteiger partial charge in [0.05, 0.1) is 0 Å². The van der Waals surface area contributed by atoms with Crippen LogP contribution in [0.2, 0.25) is 0 Å². The van der Waals surface area contributed by atoms with Crippen LogP contribution < -0.4 is 0 Å². The van der Waals surface area contributed by atoms with Gasteiger partial charge in [-0.3, -0.25) is 14.4 Å². The Morgan fingerprint density at radius 3 is 0.617 bits per heavy atom. The fraction of sp³-hybridized carbons (Fsp3) is 0.933. The Morgan fingerprint density at radius 2 is 0.407 bits per heavy atom. The van der Waals surface area contributed by atoms with Crippen LogP contribution in [0.1, 0.15) is 432 Å². The molecule has 0 aliphatic heterocycles. The van der Waals surface area contributed by atoms with Gasteiger partial charge in [0.2, 0.25) is 0 Å². The number of unbranched alkanes of at least 4 members (excludes halogenated alkanes) is 57. The summed E-state index contributed by atoms with van der Waals surface area (Å²) < 4.78 is 17.0. The van der Waals surface area contributed by atoms with E-state index in [1.807, 2.05) is 0 Å². The second-order valence-electron chi connectivity index (χ2n) is 25.6. The van der Waals surface area contributed by atoms with Crippen molar-refractivity contribution in [3.05, 3.63) is 12.2 Å². The van der Waals surface area contributed by atoms with E-state index in [4.69, 9.17) is 14.2 Å². The molecule has 0 amide bonds. The standard InChI is InChI=1S/C75H144O6/c1-4-7-10-13-16-19-22-24-26-28-29-30-31-32-33-34-35-36-37-38-39-40-41-42-43-44-45-47-48-50-53-56-59-62-65-68-74(77)80-71-72(70-79-73(76)67-64-61-58-55-52-21-18-15-12-9-6-3)81-75(78)69-66-63-60-57-54-51-49-46-27-25-23-20-17-14-11-8-5-2/h28-29,72H,4-27,30-71H2,1-3H3/b29-28-. The molecule has 0 aromatic heterocycles. The number of rotatable bonds is 70. The minimum atomic E-state index is -0.764. The summed E-state index contributed by atoms with van der Waals surface area (Å²) >= 11 is 0. The summed E-state index contributed by atoms with van der Waals surface area (Å²) in [4.78, 5) is 38.3. The van der Waals surface area contributed by atoms with Crippen LogP contribution in [0, 0.1) is 0 Å². The molecule has 1 unspecified atom stereocenters. The monoisotopic (exact) mass is 1140 g/mol. The highest BCUT2D eigenvalue weighted by atomic mass is 16.6. The molecule has 0 N–H and O–H groups in total. The van der Waals surface area contributed by atoms with Crippen LogP contribution in [0.3, 0.4) is 0 Å². The highest BCUT2D eigenvalue weighted by molar-refractivity contribution is 5.71. The van der Waals surface area contributed by atoms with Gasteiger partial charge in [-0.2, -0.15) is 0 Å². The number of carbonyl (C=O) groups excluding carboxylic acids is 3. The normalized spacial score (nSPS) is 12.0. The Labute approximate surface area is 507 Å². The van der Waals surface area contributed by atoms with Crippen LogP contribution in [0.5, 0.6) is 0 Å². The topological polar surface area (TPSA) is 78.9 Å². The van der Waals surface area contributed by atoms with Crippen LogP contribution in [-0.4, -0.2) is 37.2 Å². The van der Waals surface area contributed by atoms with Crippen molar-refractivity contribution in [1.82, 2.24) is 0 Å². The highest BCUT2D eigenvalue weighted by Crippen LogP contribution is 2.19. The smallest absolute Gasteiger partial charge is 0.306 e. The van der Waals surface area contributed by atoms with E-state index in [-0.39, 0.29) is 31.1 Å². The first-order valence-corrected chi connectivity index (χ1v) is 37.2. The van der Waals surface area contributed by atoms with Gasteiger partial charge in [0.15, 0.2) is 6.10 Å². The van der Waals surface area contributed by atoms with Crippen LogP contribution in [0.15, 0.2) is 12.2 Å². The predicted molar refractivity (Wildman–Crippen MR) is 353 cm³/mol. The number of hydrogen-bond donors (Lipinski definition) is 0. The van der Waals surface area contributed by atoms with E-state index in [1.54, 1.807) is 0 Å². The van der Waals surface area contributed by atoms with Crippen molar-refractivity contribution in [2.24, 2.45) is 0 Å². The van der Waals surface area contributed by atoms with Crippen molar-refractivity contribution in [3.8, 4) is 0 Å². The van der Waals surface area contributed by atoms with Crippen LogP contribution in [0.4, 0.5) is 0 Å². The summed E-state index contributed by atoms with van der Waals surface area (Å²) in [6.07, 6.45) is 85.6. The van der Waals surface area contributed by atoms with Gasteiger partial charge in [0.1, 0.15) is 13.2 Å². The first-order chi connectivity index (χ1) is 40.0. The maximum Gasteiger partial charge on any atom is 0.306 e. The molecule has 0 aliphatic carbocycles. The van der Waals surface area contributed by atoms with Gasteiger partial charge in [0.25, 0.3) is 0 Å². The van der Waals surface area contributed by atoms with Crippen molar-refractivity contribution in [3.63, 3.8) is 0 Å². The molecule has 0 saturated heterocycles. The summed E-state index contributed by atoms with van der Waals surface area (Å²) in [6.45, 7) is 6.72. The second kappa shape index (κ2) is 70.6. The molecule has 0 aromatic carbocycles. The largest absolute Gasteiger partial charge is 0.462 e. The maximum atomic E-state index is 12.9. The van der Waals surface area contributed by atoms with Gasteiger partial charge in [-0.1, -0.05) is 380 Å². The average molecular weight is 1140 g/mol. The fourth-order valence-corrected chi connectivity index (χ4v) is 11.7. The summed E-state index contributed by atoms with van der Waals surface area (Å²) in [5.74, 6) is -0.826. The molecule has 81 heavy (non-hydrogen) atoms. The van der Waals surface area contributed by atoms with Crippen molar-refractivity contribution in [2.45, 2.75) is 438 Å². The van der Waals surface area contributed by atoms with Crippen LogP contribution >= 0.6 is 0 Å². The molecular weight excluding hydrogens is 997 g/mol. The van der Waals surface area contributed by atoms with Gasteiger partial charge >= 0.3 is 17.9 Å². The molecule has 6 nitrogen and oxygen atoms in total. The quantitative estimate of drug-likeness (QED) is 0.0261. The molecule has 0 radical (unpaired) electrons. The van der Waals surface area contributed by atoms with Gasteiger partial charge < -0.3 is 14.2 Å². The van der Waals surface area contributed by atoms with Crippen molar-refractivity contribution in [1.29, 1.82) is 0 Å². The average Bonchev–Trinajstić information content (AvgIpc) is 3.47. The molecule has 0 spiro atoms. The van der Waals surface area contributed by atoms with E-state index < -0.39 is 6.10 Å².